The van der Waals surface area contributed by atoms with Gasteiger partial charge in [-0.15, -0.1) is 0 Å². The van der Waals surface area contributed by atoms with E-state index in [0.717, 1.165) is 55.3 Å². The molecule has 0 radical (unpaired) electrons. The number of anilines is 2. The number of piperidine rings is 2. The van der Waals surface area contributed by atoms with E-state index in [0.29, 0.717) is 68.7 Å². The molecule has 0 spiro atoms. The molecule has 4 fully saturated rings. The summed E-state index contributed by atoms with van der Waals surface area (Å²) in [4.78, 5) is 79.9. The number of ether oxygens (including phenoxy) is 1. The van der Waals surface area contributed by atoms with Crippen molar-refractivity contribution in [2.24, 2.45) is 11.8 Å². The lowest BCUT2D eigenvalue weighted by molar-refractivity contribution is -0.138. The van der Waals surface area contributed by atoms with E-state index < -0.39 is 22.2 Å². The van der Waals surface area contributed by atoms with Gasteiger partial charge in [0, 0.05) is 94.4 Å². The van der Waals surface area contributed by atoms with Crippen molar-refractivity contribution in [3.63, 3.8) is 0 Å². The van der Waals surface area contributed by atoms with Gasteiger partial charge < -0.3 is 29.4 Å². The molecule has 6 aliphatic rings. The van der Waals surface area contributed by atoms with Crippen molar-refractivity contribution >= 4 is 56.9 Å². The number of amides is 6. The van der Waals surface area contributed by atoms with Crippen molar-refractivity contribution in [3.8, 4) is 0 Å². The minimum Gasteiger partial charge on any atom is -0.396 e. The van der Waals surface area contributed by atoms with Crippen LogP contribution in [0.5, 0.6) is 0 Å². The summed E-state index contributed by atoms with van der Waals surface area (Å²) in [6, 6.07) is 20.6. The molecule has 62 heavy (non-hydrogen) atoms. The molecule has 0 aromatic heterocycles. The molecule has 3 aromatic carbocycles. The second-order valence-corrected chi connectivity index (χ2v) is 17.4. The summed E-state index contributed by atoms with van der Waals surface area (Å²) in [5.74, 6) is -0.778. The van der Waals surface area contributed by atoms with Gasteiger partial charge in [0.1, 0.15) is 12.1 Å². The molecule has 6 amide bonds. The van der Waals surface area contributed by atoms with Gasteiger partial charge in [-0.2, -0.15) is 8.42 Å². The molecule has 0 aliphatic carbocycles. The largest absolute Gasteiger partial charge is 0.396 e. The molecule has 2 atom stereocenters. The Bertz CT molecular complexity index is 2300. The van der Waals surface area contributed by atoms with Crippen molar-refractivity contribution in [1.29, 1.82) is 0 Å². The molecular formula is C44H54N6O11S. The number of carbonyl (C=O) groups excluding carboxylic acids is 6. The molecule has 18 heteroatoms. The fourth-order valence-electron chi connectivity index (χ4n) is 8.22. The molecule has 3 aromatic rings. The number of fused-ring (bicyclic) bond motifs is 2. The number of rotatable bonds is 9. The van der Waals surface area contributed by atoms with Crippen LogP contribution in [0.2, 0.25) is 0 Å². The predicted molar refractivity (Wildman–Crippen MR) is 228 cm³/mol. The standard InChI is InChI=1S/C24H25N3O4.C17H19N3O4.C2H6.CH4O3S/c28-22-9-8-21(23(29)25-22)27-13-18-10-19(6-7-20(18)24(27)30)26-11-17(12-26)15-31-14-16-4-2-1-3-5-16;21-9-10-6-19(7-10)12-1-2-13-11(5-12)8-20(17(13)24)14-3-4-15(22)18-16(14)23;1-2;1-5(2,3)4/h1-7,10,17,21H,8-9,11-15H2,(H,25,28,29);1-2,5,10,14,21H,3-4,6-9H2,(H,18,22,23);1-2H3;1H3,(H,2,3,4)/i;;1D;. The van der Waals surface area contributed by atoms with Crippen molar-refractivity contribution in [1.82, 2.24) is 20.4 Å². The highest BCUT2D eigenvalue weighted by Crippen LogP contribution is 2.34. The predicted octanol–water partition coefficient (Wildman–Crippen LogP) is 2.51. The molecule has 0 bridgehead atoms. The molecule has 6 heterocycles. The van der Waals surface area contributed by atoms with Crippen LogP contribution in [0.15, 0.2) is 66.7 Å². The first-order valence-corrected chi connectivity index (χ1v) is 22.4. The smallest absolute Gasteiger partial charge is 0.261 e. The Kier molecular flexibility index (Phi) is 14.3. The number of nitrogens with one attached hydrogen (secondary N) is 2. The van der Waals surface area contributed by atoms with Crippen molar-refractivity contribution in [2.75, 3.05) is 55.4 Å². The zero-order valence-electron chi connectivity index (χ0n) is 35.8. The van der Waals surface area contributed by atoms with Crippen molar-refractivity contribution in [3.05, 3.63) is 94.5 Å². The van der Waals surface area contributed by atoms with Gasteiger partial charge in [0.05, 0.1) is 19.5 Å². The van der Waals surface area contributed by atoms with Gasteiger partial charge in [-0.25, -0.2) is 0 Å². The van der Waals surface area contributed by atoms with Gasteiger partial charge in [0.25, 0.3) is 21.9 Å². The maximum Gasteiger partial charge on any atom is 0.261 e. The van der Waals surface area contributed by atoms with Crippen molar-refractivity contribution < 1.29 is 53.0 Å². The van der Waals surface area contributed by atoms with E-state index in [2.05, 4.69) is 38.6 Å². The van der Waals surface area contributed by atoms with Crippen LogP contribution in [0.3, 0.4) is 0 Å². The fourth-order valence-corrected chi connectivity index (χ4v) is 8.22. The maximum atomic E-state index is 12.8. The molecular weight excluding hydrogens is 821 g/mol. The number of aliphatic hydroxyl groups excluding tert-OH is 1. The second kappa shape index (κ2) is 20.0. The summed E-state index contributed by atoms with van der Waals surface area (Å²) in [6.45, 7) is 8.16. The fraction of sp³-hybridized carbons (Fsp3) is 0.455. The van der Waals surface area contributed by atoms with Gasteiger partial charge in [-0.1, -0.05) is 44.2 Å². The number of benzene rings is 3. The molecule has 17 nitrogen and oxygen atoms in total. The van der Waals surface area contributed by atoms with Crippen LogP contribution in [0.1, 0.15) is 78.3 Å². The van der Waals surface area contributed by atoms with Crippen LogP contribution < -0.4 is 20.4 Å². The van der Waals surface area contributed by atoms with E-state index in [-0.39, 0.29) is 54.9 Å². The number of imide groups is 2. The van der Waals surface area contributed by atoms with E-state index in [4.69, 9.17) is 15.8 Å². The van der Waals surface area contributed by atoms with Crippen molar-refractivity contribution in [2.45, 2.75) is 71.3 Å². The Morgan fingerprint density at radius 3 is 1.58 bits per heavy atom. The number of hydrogen-bond acceptors (Lipinski definition) is 12. The van der Waals surface area contributed by atoms with Crippen LogP contribution in [-0.2, 0) is 53.7 Å². The second-order valence-electron chi connectivity index (χ2n) is 15.9. The number of hydrogen-bond donors (Lipinski definition) is 4. The molecule has 4 saturated heterocycles. The summed E-state index contributed by atoms with van der Waals surface area (Å²) >= 11 is 0. The van der Waals surface area contributed by atoms with Gasteiger partial charge in [0.2, 0.25) is 23.6 Å². The third-order valence-corrected chi connectivity index (χ3v) is 11.4. The molecule has 2 unspecified atom stereocenters. The van der Waals surface area contributed by atoms with Crippen LogP contribution in [0.4, 0.5) is 11.4 Å². The minimum absolute atomic E-state index is 0.133. The maximum absolute atomic E-state index is 12.8. The summed E-state index contributed by atoms with van der Waals surface area (Å²) in [5, 5.41) is 13.8. The number of carbonyl (C=O) groups is 6. The van der Waals surface area contributed by atoms with Gasteiger partial charge in [0.15, 0.2) is 0 Å². The molecule has 0 saturated carbocycles. The van der Waals surface area contributed by atoms with Crippen LogP contribution in [0.25, 0.3) is 0 Å². The average molecular weight is 876 g/mol. The lowest BCUT2D eigenvalue weighted by Crippen LogP contribution is -2.52. The topological polar surface area (TPSA) is 223 Å². The Balaban J connectivity index is 0.000000183. The highest BCUT2D eigenvalue weighted by molar-refractivity contribution is 7.85. The molecule has 4 N–H and O–H groups in total. The van der Waals surface area contributed by atoms with Crippen LogP contribution in [0, 0.1) is 11.8 Å². The molecule has 9 rings (SSSR count). The van der Waals surface area contributed by atoms with Gasteiger partial charge in [-0.05, 0) is 65.9 Å². The van der Waals surface area contributed by atoms with E-state index in [1.165, 1.54) is 5.56 Å². The van der Waals surface area contributed by atoms with E-state index in [1.807, 2.05) is 48.5 Å². The third kappa shape index (κ3) is 11.0. The summed E-state index contributed by atoms with van der Waals surface area (Å²) in [5.41, 5.74) is 6.44. The third-order valence-electron chi connectivity index (χ3n) is 11.4. The normalized spacial score (nSPS) is 21.1. The first-order valence-electron chi connectivity index (χ1n) is 21.3. The Hall–Kier alpha value is -5.69. The zero-order valence-corrected chi connectivity index (χ0v) is 35.6. The minimum atomic E-state index is -3.67. The first-order chi connectivity index (χ1) is 30.1. The number of nitrogens with zero attached hydrogens (tertiary/aromatic N) is 4. The monoisotopic (exact) mass is 875 g/mol. The molecule has 6 aliphatic heterocycles. The SMILES string of the molecule is CS(=O)(=O)O.O=C1CCC(N2Cc3cc(N4CC(CO)C4)ccc3C2=O)C(=O)N1.O=C1CCC(N2Cc3cc(N4CC(COCc5ccccc5)C4)ccc3C2=O)C(=O)N1.[2H]CC. The van der Waals surface area contributed by atoms with E-state index >= 15 is 0 Å². The summed E-state index contributed by atoms with van der Waals surface area (Å²) in [6.07, 6.45) is 2.00. The van der Waals surface area contributed by atoms with E-state index in [9.17, 15) is 37.2 Å². The van der Waals surface area contributed by atoms with Gasteiger partial charge >= 0.3 is 0 Å². The highest BCUT2D eigenvalue weighted by Gasteiger charge is 2.41. The van der Waals surface area contributed by atoms with E-state index in [1.54, 1.807) is 16.7 Å². The lowest BCUT2D eigenvalue weighted by atomic mass is 9.99. The summed E-state index contributed by atoms with van der Waals surface area (Å²) < 4.78 is 37.9. The Morgan fingerprint density at radius 2 is 1.16 bits per heavy atom. The zero-order chi connectivity index (χ0) is 45.4. The Labute approximate surface area is 362 Å². The van der Waals surface area contributed by atoms with Gasteiger partial charge in [-0.3, -0.25) is 44.0 Å². The van der Waals surface area contributed by atoms with Crippen LogP contribution >= 0.6 is 0 Å². The Morgan fingerprint density at radius 1 is 0.726 bits per heavy atom. The highest BCUT2D eigenvalue weighted by atomic mass is 32.2. The lowest BCUT2D eigenvalue weighted by Gasteiger charge is -2.41. The average Bonchev–Trinajstić information content (AvgIpc) is 3.70. The molecule has 332 valence electrons. The van der Waals surface area contributed by atoms with Crippen LogP contribution in [-0.4, -0.2) is 121 Å². The number of aliphatic hydroxyl groups is 1. The summed E-state index contributed by atoms with van der Waals surface area (Å²) in [7, 11) is -3.67. The first kappa shape index (κ1) is 44.4. The quantitative estimate of drug-likeness (QED) is 0.180.